The number of nitrogens with one attached hydrogen (secondary N) is 2. The number of likely N-dealkylation sites (N-methyl/N-ethyl adjacent to an activating group) is 1. The minimum Gasteiger partial charge on any atom is -0.391 e. The van der Waals surface area contributed by atoms with Crippen LogP contribution in [0.3, 0.4) is 0 Å². The molecule has 0 aromatic heterocycles. The molecule has 0 saturated carbocycles. The number of hydrogen-bond donors (Lipinski definition) is 3. The van der Waals surface area contributed by atoms with Crippen LogP contribution in [0.4, 0.5) is 0 Å². The third kappa shape index (κ3) is 3.34. The monoisotopic (exact) mass is 174 g/mol. The van der Waals surface area contributed by atoms with E-state index in [2.05, 4.69) is 10.6 Å². The summed E-state index contributed by atoms with van der Waals surface area (Å²) >= 11 is 0. The van der Waals surface area contributed by atoms with Crippen LogP contribution >= 0.6 is 0 Å². The van der Waals surface area contributed by atoms with Crippen molar-refractivity contribution in [1.29, 1.82) is 0 Å². The SMILES string of the molecule is CNC(=O)[C@H](NC(C)=O)[C@H](C)O. The molecule has 0 radical (unpaired) electrons. The van der Waals surface area contributed by atoms with Gasteiger partial charge in [0.05, 0.1) is 6.10 Å². The lowest BCUT2D eigenvalue weighted by molar-refractivity contribution is -0.130. The van der Waals surface area contributed by atoms with E-state index in [1.54, 1.807) is 0 Å². The zero-order valence-electron chi connectivity index (χ0n) is 7.42. The molecule has 0 fully saturated rings. The maximum Gasteiger partial charge on any atom is 0.245 e. The van der Waals surface area contributed by atoms with Crippen LogP contribution in [-0.4, -0.2) is 36.1 Å². The van der Waals surface area contributed by atoms with Crippen molar-refractivity contribution in [3.63, 3.8) is 0 Å². The van der Waals surface area contributed by atoms with Crippen LogP contribution in [0, 0.1) is 0 Å². The Bertz CT molecular complexity index is 179. The molecule has 0 bridgehead atoms. The summed E-state index contributed by atoms with van der Waals surface area (Å²) in [6.07, 6.45) is -0.895. The lowest BCUT2D eigenvalue weighted by Crippen LogP contribution is -2.51. The van der Waals surface area contributed by atoms with Crippen molar-refractivity contribution in [1.82, 2.24) is 10.6 Å². The third-order valence-corrected chi connectivity index (χ3v) is 1.37. The van der Waals surface area contributed by atoms with E-state index < -0.39 is 18.1 Å². The number of carbonyl (C=O) groups is 2. The summed E-state index contributed by atoms with van der Waals surface area (Å²) in [5.41, 5.74) is 0. The number of carbonyl (C=O) groups excluding carboxylic acids is 2. The molecule has 0 saturated heterocycles. The van der Waals surface area contributed by atoms with Gasteiger partial charge in [-0.1, -0.05) is 0 Å². The van der Waals surface area contributed by atoms with E-state index in [9.17, 15) is 9.59 Å². The zero-order chi connectivity index (χ0) is 9.72. The molecule has 0 unspecified atom stereocenters. The van der Waals surface area contributed by atoms with E-state index in [0.717, 1.165) is 0 Å². The predicted molar refractivity (Wildman–Crippen MR) is 43.4 cm³/mol. The summed E-state index contributed by atoms with van der Waals surface area (Å²) in [5.74, 6) is -0.746. The van der Waals surface area contributed by atoms with Crippen LogP contribution in [0.15, 0.2) is 0 Å². The van der Waals surface area contributed by atoms with Gasteiger partial charge in [0.25, 0.3) is 0 Å². The number of aliphatic hydroxyl groups excluding tert-OH is 1. The van der Waals surface area contributed by atoms with Crippen LogP contribution in [0.2, 0.25) is 0 Å². The number of hydrogen-bond acceptors (Lipinski definition) is 3. The van der Waals surface area contributed by atoms with Gasteiger partial charge >= 0.3 is 0 Å². The van der Waals surface area contributed by atoms with Crippen molar-refractivity contribution >= 4 is 11.8 Å². The van der Waals surface area contributed by atoms with Gasteiger partial charge < -0.3 is 15.7 Å². The lowest BCUT2D eigenvalue weighted by Gasteiger charge is -2.18. The minimum absolute atomic E-state index is 0.343. The summed E-state index contributed by atoms with van der Waals surface area (Å²) in [4.78, 5) is 21.6. The Labute approximate surface area is 71.1 Å². The first-order chi connectivity index (χ1) is 5.49. The van der Waals surface area contributed by atoms with E-state index in [1.165, 1.54) is 20.9 Å². The van der Waals surface area contributed by atoms with E-state index in [-0.39, 0.29) is 5.91 Å². The van der Waals surface area contributed by atoms with Crippen LogP contribution in [0.5, 0.6) is 0 Å². The van der Waals surface area contributed by atoms with Gasteiger partial charge in [-0.3, -0.25) is 9.59 Å². The molecule has 0 aliphatic carbocycles. The molecule has 0 aliphatic heterocycles. The third-order valence-electron chi connectivity index (χ3n) is 1.37. The number of rotatable bonds is 3. The second-order valence-corrected chi connectivity index (χ2v) is 2.53. The van der Waals surface area contributed by atoms with Gasteiger partial charge in [0, 0.05) is 14.0 Å². The van der Waals surface area contributed by atoms with Crippen molar-refractivity contribution in [3.8, 4) is 0 Å². The van der Waals surface area contributed by atoms with E-state index >= 15 is 0 Å². The van der Waals surface area contributed by atoms with Gasteiger partial charge in [0.1, 0.15) is 6.04 Å². The average Bonchev–Trinajstić information content (AvgIpc) is 1.98. The Kier molecular flexibility index (Phi) is 4.28. The second kappa shape index (κ2) is 4.71. The molecule has 0 aromatic rings. The molecule has 5 heteroatoms. The fraction of sp³-hybridized carbons (Fsp3) is 0.714. The molecule has 0 heterocycles. The van der Waals surface area contributed by atoms with Gasteiger partial charge in [-0.2, -0.15) is 0 Å². The molecular weight excluding hydrogens is 160 g/mol. The largest absolute Gasteiger partial charge is 0.391 e. The summed E-state index contributed by atoms with van der Waals surface area (Å²) in [7, 11) is 1.44. The average molecular weight is 174 g/mol. The molecular formula is C7H14N2O3. The maximum atomic E-state index is 11.0. The fourth-order valence-electron chi connectivity index (χ4n) is 0.780. The van der Waals surface area contributed by atoms with Gasteiger partial charge in [-0.25, -0.2) is 0 Å². The van der Waals surface area contributed by atoms with Crippen LogP contribution in [-0.2, 0) is 9.59 Å². The molecule has 3 N–H and O–H groups in total. The molecule has 12 heavy (non-hydrogen) atoms. The molecule has 70 valence electrons. The zero-order valence-corrected chi connectivity index (χ0v) is 7.42. The Morgan fingerprint density at radius 3 is 2.17 bits per heavy atom. The van der Waals surface area contributed by atoms with Crippen LogP contribution in [0.25, 0.3) is 0 Å². The fourth-order valence-corrected chi connectivity index (χ4v) is 0.780. The van der Waals surface area contributed by atoms with Crippen molar-refractivity contribution in [3.05, 3.63) is 0 Å². The molecule has 5 nitrogen and oxygen atoms in total. The summed E-state index contributed by atoms with van der Waals surface area (Å²) in [6, 6.07) is -0.868. The highest BCUT2D eigenvalue weighted by Gasteiger charge is 2.22. The van der Waals surface area contributed by atoms with E-state index in [1.807, 2.05) is 0 Å². The van der Waals surface area contributed by atoms with Gasteiger partial charge in [-0.15, -0.1) is 0 Å². The molecule has 0 spiro atoms. The Hall–Kier alpha value is -1.10. The Morgan fingerprint density at radius 1 is 1.42 bits per heavy atom. The minimum atomic E-state index is -0.895. The first-order valence-corrected chi connectivity index (χ1v) is 3.65. The molecule has 0 rings (SSSR count). The van der Waals surface area contributed by atoms with Crippen LogP contribution in [0.1, 0.15) is 13.8 Å². The topological polar surface area (TPSA) is 78.4 Å². The first-order valence-electron chi connectivity index (χ1n) is 3.65. The van der Waals surface area contributed by atoms with E-state index in [4.69, 9.17) is 5.11 Å². The van der Waals surface area contributed by atoms with Crippen molar-refractivity contribution in [2.45, 2.75) is 26.0 Å². The van der Waals surface area contributed by atoms with Crippen molar-refractivity contribution in [2.75, 3.05) is 7.05 Å². The van der Waals surface area contributed by atoms with Crippen molar-refractivity contribution in [2.24, 2.45) is 0 Å². The van der Waals surface area contributed by atoms with Gasteiger partial charge in [0.15, 0.2) is 0 Å². The smallest absolute Gasteiger partial charge is 0.245 e. The Balaban J connectivity index is 4.23. The highest BCUT2D eigenvalue weighted by atomic mass is 16.3. The summed E-state index contributed by atoms with van der Waals surface area (Å²) in [5, 5.41) is 13.8. The number of aliphatic hydroxyl groups is 1. The van der Waals surface area contributed by atoms with E-state index in [0.29, 0.717) is 0 Å². The quantitative estimate of drug-likeness (QED) is 0.493. The summed E-state index contributed by atoms with van der Waals surface area (Å²) < 4.78 is 0. The Morgan fingerprint density at radius 2 is 1.92 bits per heavy atom. The van der Waals surface area contributed by atoms with Crippen LogP contribution < -0.4 is 10.6 Å². The normalized spacial score (nSPS) is 14.7. The first kappa shape index (κ1) is 10.9. The lowest BCUT2D eigenvalue weighted by atomic mass is 10.1. The van der Waals surface area contributed by atoms with Gasteiger partial charge in [0.2, 0.25) is 11.8 Å². The van der Waals surface area contributed by atoms with Crippen molar-refractivity contribution < 1.29 is 14.7 Å². The molecule has 0 aliphatic rings. The predicted octanol–water partition coefficient (Wildman–Crippen LogP) is -1.38. The number of amides is 2. The van der Waals surface area contributed by atoms with Gasteiger partial charge in [-0.05, 0) is 6.92 Å². The molecule has 2 atom stereocenters. The standard InChI is InChI=1S/C7H14N2O3/c1-4(10)6(7(12)8-3)9-5(2)11/h4,6,10H,1-3H3,(H,8,12)(H,9,11)/t4-,6+/m0/s1. The molecule has 2 amide bonds. The highest BCUT2D eigenvalue weighted by molar-refractivity contribution is 5.87. The maximum absolute atomic E-state index is 11.0. The summed E-state index contributed by atoms with van der Waals surface area (Å²) in [6.45, 7) is 2.73. The second-order valence-electron chi connectivity index (χ2n) is 2.53. The highest BCUT2D eigenvalue weighted by Crippen LogP contribution is 1.92. The molecule has 0 aromatic carbocycles.